The van der Waals surface area contributed by atoms with Gasteiger partial charge in [0.1, 0.15) is 0 Å². The quantitative estimate of drug-likeness (QED) is 0.866. The molecule has 0 aliphatic carbocycles. The molecule has 1 unspecified atom stereocenters. The van der Waals surface area contributed by atoms with E-state index in [1.54, 1.807) is 0 Å². The molecule has 0 saturated carbocycles. The fourth-order valence-corrected chi connectivity index (χ4v) is 2.17. The van der Waals surface area contributed by atoms with Gasteiger partial charge in [-0.05, 0) is 52.7 Å². The Balaban J connectivity index is 2.51. The molecule has 1 aromatic carbocycles. The number of carbonyl (C=O) groups is 1. The first-order valence-electron chi connectivity index (χ1n) is 7.30. The van der Waals surface area contributed by atoms with E-state index in [1.165, 1.54) is 16.7 Å². The first-order valence-corrected chi connectivity index (χ1v) is 7.30. The van der Waals surface area contributed by atoms with E-state index in [4.69, 9.17) is 0 Å². The van der Waals surface area contributed by atoms with Crippen LogP contribution in [0.3, 0.4) is 0 Å². The Morgan fingerprint density at radius 1 is 1.25 bits per heavy atom. The van der Waals surface area contributed by atoms with Gasteiger partial charge in [0, 0.05) is 18.5 Å². The highest BCUT2D eigenvalue weighted by Crippen LogP contribution is 2.18. The van der Waals surface area contributed by atoms with Crippen molar-refractivity contribution in [1.29, 1.82) is 0 Å². The van der Waals surface area contributed by atoms with Gasteiger partial charge in [-0.1, -0.05) is 23.8 Å². The molecule has 0 bridgehead atoms. The minimum atomic E-state index is 0.0528. The average molecular weight is 276 g/mol. The topological polar surface area (TPSA) is 41.1 Å². The van der Waals surface area contributed by atoms with E-state index in [0.717, 1.165) is 0 Å². The van der Waals surface area contributed by atoms with Crippen molar-refractivity contribution in [2.24, 2.45) is 0 Å². The van der Waals surface area contributed by atoms with Crippen LogP contribution in [0.5, 0.6) is 0 Å². The average Bonchev–Trinajstić information content (AvgIpc) is 2.30. The predicted molar refractivity (Wildman–Crippen MR) is 84.8 cm³/mol. The van der Waals surface area contributed by atoms with Crippen molar-refractivity contribution in [1.82, 2.24) is 10.6 Å². The molecule has 1 rings (SSSR count). The van der Waals surface area contributed by atoms with E-state index in [1.807, 2.05) is 6.92 Å². The minimum Gasteiger partial charge on any atom is -0.350 e. The van der Waals surface area contributed by atoms with Crippen molar-refractivity contribution >= 4 is 5.91 Å². The molecular weight excluding hydrogens is 248 g/mol. The van der Waals surface area contributed by atoms with Crippen LogP contribution in [0, 0.1) is 13.8 Å². The van der Waals surface area contributed by atoms with Crippen LogP contribution in [-0.4, -0.2) is 18.0 Å². The van der Waals surface area contributed by atoms with Crippen molar-refractivity contribution in [3.8, 4) is 0 Å². The van der Waals surface area contributed by atoms with E-state index < -0.39 is 0 Å². The number of hydrogen-bond acceptors (Lipinski definition) is 2. The maximum atomic E-state index is 12.0. The van der Waals surface area contributed by atoms with Crippen LogP contribution in [-0.2, 0) is 4.79 Å². The van der Waals surface area contributed by atoms with Gasteiger partial charge in [-0.3, -0.25) is 4.79 Å². The van der Waals surface area contributed by atoms with Crippen molar-refractivity contribution < 1.29 is 4.79 Å². The summed E-state index contributed by atoms with van der Waals surface area (Å²) in [5.74, 6) is 0.0927. The van der Waals surface area contributed by atoms with Gasteiger partial charge in [0.05, 0.1) is 6.04 Å². The van der Waals surface area contributed by atoms with Gasteiger partial charge in [-0.25, -0.2) is 0 Å². The zero-order valence-corrected chi connectivity index (χ0v) is 13.6. The molecule has 1 aromatic rings. The van der Waals surface area contributed by atoms with Crippen LogP contribution in [0.2, 0.25) is 0 Å². The van der Waals surface area contributed by atoms with Gasteiger partial charge in [0.15, 0.2) is 0 Å². The van der Waals surface area contributed by atoms with Crippen LogP contribution in [0.25, 0.3) is 0 Å². The smallest absolute Gasteiger partial charge is 0.221 e. The normalized spacial score (nSPS) is 13.1. The number of carbonyl (C=O) groups excluding carboxylic acids is 1. The number of rotatable bonds is 5. The standard InChI is InChI=1S/C17H28N2O/c1-12-7-8-13(2)15(11-12)14(3)19-16(20)9-10-18-17(4,5)6/h7-8,11,14,18H,9-10H2,1-6H3,(H,19,20). The molecule has 0 aliphatic heterocycles. The molecule has 0 aromatic heterocycles. The maximum Gasteiger partial charge on any atom is 0.221 e. The minimum absolute atomic E-state index is 0.0528. The summed E-state index contributed by atoms with van der Waals surface area (Å²) in [4.78, 5) is 12.0. The van der Waals surface area contributed by atoms with Gasteiger partial charge < -0.3 is 10.6 Å². The molecule has 3 heteroatoms. The van der Waals surface area contributed by atoms with Crippen molar-refractivity contribution in [3.05, 3.63) is 34.9 Å². The molecular formula is C17H28N2O. The predicted octanol–water partition coefficient (Wildman–Crippen LogP) is 3.26. The molecule has 1 atom stereocenters. The Morgan fingerprint density at radius 2 is 1.90 bits per heavy atom. The first-order chi connectivity index (χ1) is 9.19. The molecule has 112 valence electrons. The SMILES string of the molecule is Cc1ccc(C)c(C(C)NC(=O)CCNC(C)(C)C)c1. The number of amides is 1. The molecule has 20 heavy (non-hydrogen) atoms. The maximum absolute atomic E-state index is 12.0. The third-order valence-electron chi connectivity index (χ3n) is 3.29. The summed E-state index contributed by atoms with van der Waals surface area (Å²) in [6.45, 7) is 13.2. The van der Waals surface area contributed by atoms with E-state index in [0.29, 0.717) is 13.0 Å². The number of hydrogen-bond donors (Lipinski definition) is 2. The number of benzene rings is 1. The van der Waals surface area contributed by atoms with E-state index in [2.05, 4.69) is 63.5 Å². The Hall–Kier alpha value is -1.35. The summed E-state index contributed by atoms with van der Waals surface area (Å²) in [5, 5.41) is 6.40. The molecule has 0 spiro atoms. The largest absolute Gasteiger partial charge is 0.350 e. The first kappa shape index (κ1) is 16.7. The van der Waals surface area contributed by atoms with Crippen molar-refractivity contribution in [2.45, 2.75) is 59.5 Å². The monoisotopic (exact) mass is 276 g/mol. The molecule has 0 aliphatic rings. The Bertz CT molecular complexity index is 461. The van der Waals surface area contributed by atoms with Crippen LogP contribution >= 0.6 is 0 Å². The number of nitrogens with one attached hydrogen (secondary N) is 2. The zero-order valence-electron chi connectivity index (χ0n) is 13.6. The van der Waals surface area contributed by atoms with Crippen LogP contribution in [0.1, 0.15) is 56.8 Å². The summed E-state index contributed by atoms with van der Waals surface area (Å²) in [5.41, 5.74) is 3.69. The van der Waals surface area contributed by atoms with Gasteiger partial charge in [-0.2, -0.15) is 0 Å². The molecule has 3 nitrogen and oxygen atoms in total. The van der Waals surface area contributed by atoms with Crippen LogP contribution in [0.15, 0.2) is 18.2 Å². The third kappa shape index (κ3) is 5.74. The summed E-state index contributed by atoms with van der Waals surface area (Å²) in [7, 11) is 0. The van der Waals surface area contributed by atoms with E-state index >= 15 is 0 Å². The second kappa shape index (κ2) is 6.89. The molecule has 2 N–H and O–H groups in total. The summed E-state index contributed by atoms with van der Waals surface area (Å²) in [6, 6.07) is 6.40. The van der Waals surface area contributed by atoms with Gasteiger partial charge in [0.2, 0.25) is 5.91 Å². The fraction of sp³-hybridized carbons (Fsp3) is 0.588. The highest BCUT2D eigenvalue weighted by Gasteiger charge is 2.13. The Labute approximate surface area is 123 Å². The van der Waals surface area contributed by atoms with E-state index in [9.17, 15) is 4.79 Å². The van der Waals surface area contributed by atoms with Gasteiger partial charge in [0.25, 0.3) is 0 Å². The summed E-state index contributed by atoms with van der Waals surface area (Å²) in [6.07, 6.45) is 0.506. The lowest BCUT2D eigenvalue weighted by Gasteiger charge is -2.21. The molecule has 0 heterocycles. The van der Waals surface area contributed by atoms with Crippen molar-refractivity contribution in [2.75, 3.05) is 6.54 Å². The highest BCUT2D eigenvalue weighted by atomic mass is 16.1. The fourth-order valence-electron chi connectivity index (χ4n) is 2.17. The lowest BCUT2D eigenvalue weighted by molar-refractivity contribution is -0.121. The van der Waals surface area contributed by atoms with Gasteiger partial charge in [-0.15, -0.1) is 0 Å². The molecule has 1 amide bonds. The molecule has 0 saturated heterocycles. The lowest BCUT2D eigenvalue weighted by Crippen LogP contribution is -2.38. The summed E-state index contributed by atoms with van der Waals surface area (Å²) >= 11 is 0. The Kier molecular flexibility index (Phi) is 5.75. The second-order valence-electron chi connectivity index (χ2n) is 6.58. The van der Waals surface area contributed by atoms with Crippen molar-refractivity contribution in [3.63, 3.8) is 0 Å². The zero-order chi connectivity index (χ0) is 15.3. The molecule has 0 radical (unpaired) electrons. The van der Waals surface area contributed by atoms with Crippen LogP contribution < -0.4 is 10.6 Å². The van der Waals surface area contributed by atoms with E-state index in [-0.39, 0.29) is 17.5 Å². The van der Waals surface area contributed by atoms with Gasteiger partial charge >= 0.3 is 0 Å². The second-order valence-corrected chi connectivity index (χ2v) is 6.58. The Morgan fingerprint density at radius 3 is 2.50 bits per heavy atom. The summed E-state index contributed by atoms with van der Waals surface area (Å²) < 4.78 is 0. The number of aryl methyl sites for hydroxylation is 2. The van der Waals surface area contributed by atoms with Crippen LogP contribution in [0.4, 0.5) is 0 Å². The highest BCUT2D eigenvalue weighted by molar-refractivity contribution is 5.76. The molecule has 0 fully saturated rings. The lowest BCUT2D eigenvalue weighted by atomic mass is 10.00. The third-order valence-corrected chi connectivity index (χ3v) is 3.29.